The van der Waals surface area contributed by atoms with Crippen molar-refractivity contribution in [2.75, 3.05) is 20.1 Å². The fourth-order valence-corrected chi connectivity index (χ4v) is 1.39. The largest absolute Gasteiger partial charge is 0.341 e. The Hall–Kier alpha value is -0.640. The van der Waals surface area contributed by atoms with Gasteiger partial charge in [0.2, 0.25) is 5.67 Å². The maximum absolute atomic E-state index is 13.9. The number of hydrogen-bond acceptors (Lipinski definition) is 2. The Morgan fingerprint density at radius 3 is 2.62 bits per heavy atom. The number of hydrogen-bond donors (Lipinski definition) is 1. The van der Waals surface area contributed by atoms with Crippen molar-refractivity contribution in [1.82, 2.24) is 10.2 Å². The first-order chi connectivity index (χ1) is 5.97. The smallest absolute Gasteiger partial charge is 0.261 e. The van der Waals surface area contributed by atoms with Gasteiger partial charge in [-0.2, -0.15) is 0 Å². The molecule has 1 saturated heterocycles. The van der Waals surface area contributed by atoms with E-state index in [2.05, 4.69) is 5.32 Å². The van der Waals surface area contributed by atoms with E-state index in [-0.39, 0.29) is 12.6 Å². The molecule has 0 aromatic rings. The van der Waals surface area contributed by atoms with Crippen LogP contribution in [-0.4, -0.2) is 42.7 Å². The highest BCUT2D eigenvalue weighted by molar-refractivity contribution is 5.85. The predicted octanol–water partition coefficient (Wildman–Crippen LogP) is 0.555. The van der Waals surface area contributed by atoms with Gasteiger partial charge in [-0.25, -0.2) is 4.39 Å². The maximum Gasteiger partial charge on any atom is 0.261 e. The van der Waals surface area contributed by atoms with E-state index in [1.807, 2.05) is 13.8 Å². The Labute approximate surface area is 78.3 Å². The highest BCUT2D eigenvalue weighted by atomic mass is 19.1. The van der Waals surface area contributed by atoms with Crippen LogP contribution in [0.4, 0.5) is 4.39 Å². The highest BCUT2D eigenvalue weighted by Gasteiger charge is 2.43. The first kappa shape index (κ1) is 10.4. The standard InChI is InChI=1S/C9H17FN2O/c1-7(2)12(3)8(13)9(10)4-5-11-6-9/h7,11H,4-6H2,1-3H3. The molecule has 0 saturated carbocycles. The summed E-state index contributed by atoms with van der Waals surface area (Å²) in [6.07, 6.45) is 0.295. The summed E-state index contributed by atoms with van der Waals surface area (Å²) in [5.41, 5.74) is -1.67. The molecule has 1 fully saturated rings. The van der Waals surface area contributed by atoms with Crippen LogP contribution >= 0.6 is 0 Å². The fraction of sp³-hybridized carbons (Fsp3) is 0.889. The van der Waals surface area contributed by atoms with Crippen LogP contribution in [0.5, 0.6) is 0 Å². The minimum Gasteiger partial charge on any atom is -0.341 e. The van der Waals surface area contributed by atoms with Crippen molar-refractivity contribution in [3.8, 4) is 0 Å². The summed E-state index contributed by atoms with van der Waals surface area (Å²) in [5, 5.41) is 2.87. The lowest BCUT2D eigenvalue weighted by Crippen LogP contribution is -2.48. The number of halogens is 1. The second-order valence-electron chi connectivity index (χ2n) is 3.90. The monoisotopic (exact) mass is 188 g/mol. The van der Waals surface area contributed by atoms with Gasteiger partial charge in [0.05, 0.1) is 0 Å². The maximum atomic E-state index is 13.9. The molecule has 1 amide bonds. The van der Waals surface area contributed by atoms with Crippen molar-refractivity contribution in [3.05, 3.63) is 0 Å². The highest BCUT2D eigenvalue weighted by Crippen LogP contribution is 2.22. The third kappa shape index (κ3) is 1.99. The summed E-state index contributed by atoms with van der Waals surface area (Å²) < 4.78 is 13.9. The van der Waals surface area contributed by atoms with Crippen molar-refractivity contribution < 1.29 is 9.18 Å². The number of rotatable bonds is 2. The molecule has 13 heavy (non-hydrogen) atoms. The molecule has 4 heteroatoms. The van der Waals surface area contributed by atoms with E-state index in [9.17, 15) is 9.18 Å². The molecular formula is C9H17FN2O. The predicted molar refractivity (Wildman–Crippen MR) is 49.2 cm³/mol. The van der Waals surface area contributed by atoms with E-state index in [0.717, 1.165) is 0 Å². The molecule has 0 aromatic carbocycles. The van der Waals surface area contributed by atoms with Gasteiger partial charge < -0.3 is 10.2 Å². The van der Waals surface area contributed by atoms with E-state index < -0.39 is 11.6 Å². The number of nitrogens with one attached hydrogen (secondary N) is 1. The SMILES string of the molecule is CC(C)N(C)C(=O)C1(F)CCNC1. The van der Waals surface area contributed by atoms with E-state index in [1.54, 1.807) is 7.05 Å². The van der Waals surface area contributed by atoms with Gasteiger partial charge in [0.25, 0.3) is 5.91 Å². The third-order valence-corrected chi connectivity index (χ3v) is 2.58. The number of nitrogens with zero attached hydrogens (tertiary/aromatic N) is 1. The van der Waals surface area contributed by atoms with Crippen LogP contribution in [-0.2, 0) is 4.79 Å². The van der Waals surface area contributed by atoms with Crippen LogP contribution in [0.1, 0.15) is 20.3 Å². The summed E-state index contributed by atoms with van der Waals surface area (Å²) in [6, 6.07) is 0.0562. The Balaban J connectivity index is 2.65. The van der Waals surface area contributed by atoms with Gasteiger partial charge in [0.1, 0.15) is 0 Å². The molecule has 0 radical (unpaired) electrons. The van der Waals surface area contributed by atoms with Gasteiger partial charge in [0.15, 0.2) is 0 Å². The number of carbonyl (C=O) groups excluding carboxylic acids is 1. The molecule has 1 aliphatic rings. The first-order valence-electron chi connectivity index (χ1n) is 4.64. The molecule has 1 heterocycles. The number of alkyl halides is 1. The quantitative estimate of drug-likeness (QED) is 0.686. The second-order valence-corrected chi connectivity index (χ2v) is 3.90. The lowest BCUT2D eigenvalue weighted by atomic mass is 10.0. The van der Waals surface area contributed by atoms with Gasteiger partial charge in [-0.1, -0.05) is 0 Å². The van der Waals surface area contributed by atoms with E-state index in [4.69, 9.17) is 0 Å². The molecule has 1 N–H and O–H groups in total. The molecule has 3 nitrogen and oxygen atoms in total. The lowest BCUT2D eigenvalue weighted by molar-refractivity contribution is -0.143. The van der Waals surface area contributed by atoms with Gasteiger partial charge in [-0.05, 0) is 20.4 Å². The molecule has 0 aromatic heterocycles. The zero-order valence-electron chi connectivity index (χ0n) is 8.43. The van der Waals surface area contributed by atoms with Crippen LogP contribution in [0.25, 0.3) is 0 Å². The topological polar surface area (TPSA) is 32.3 Å². The van der Waals surface area contributed by atoms with Crippen LogP contribution in [0.2, 0.25) is 0 Å². The molecule has 0 spiro atoms. The number of carbonyl (C=O) groups is 1. The summed E-state index contributed by atoms with van der Waals surface area (Å²) in [5.74, 6) is -0.396. The second kappa shape index (κ2) is 3.62. The molecule has 1 unspecified atom stereocenters. The van der Waals surface area contributed by atoms with Crippen molar-refractivity contribution in [1.29, 1.82) is 0 Å². The molecular weight excluding hydrogens is 171 g/mol. The minimum absolute atomic E-state index is 0.0562. The van der Waals surface area contributed by atoms with Crippen molar-refractivity contribution in [3.63, 3.8) is 0 Å². The Morgan fingerprint density at radius 1 is 1.62 bits per heavy atom. The summed E-state index contributed by atoms with van der Waals surface area (Å²) in [4.78, 5) is 13.1. The molecule has 0 aliphatic carbocycles. The molecule has 1 atom stereocenters. The molecule has 1 rings (SSSR count). The average molecular weight is 188 g/mol. The normalized spacial score (nSPS) is 28.1. The zero-order valence-corrected chi connectivity index (χ0v) is 8.43. The lowest BCUT2D eigenvalue weighted by Gasteiger charge is -2.28. The van der Waals surface area contributed by atoms with E-state index in [0.29, 0.717) is 13.0 Å². The van der Waals surface area contributed by atoms with Crippen LogP contribution in [0.15, 0.2) is 0 Å². The Morgan fingerprint density at radius 2 is 2.23 bits per heavy atom. The van der Waals surface area contributed by atoms with Crippen LogP contribution < -0.4 is 5.32 Å². The van der Waals surface area contributed by atoms with Gasteiger partial charge in [-0.15, -0.1) is 0 Å². The first-order valence-corrected chi connectivity index (χ1v) is 4.64. The average Bonchev–Trinajstić information content (AvgIpc) is 2.50. The van der Waals surface area contributed by atoms with E-state index in [1.165, 1.54) is 4.90 Å². The summed E-state index contributed by atoms with van der Waals surface area (Å²) in [7, 11) is 1.65. The van der Waals surface area contributed by atoms with Gasteiger partial charge in [0, 0.05) is 26.1 Å². The molecule has 76 valence electrons. The fourth-order valence-electron chi connectivity index (χ4n) is 1.39. The Kier molecular flexibility index (Phi) is 2.91. The van der Waals surface area contributed by atoms with Gasteiger partial charge >= 0.3 is 0 Å². The minimum atomic E-state index is -1.67. The molecule has 1 aliphatic heterocycles. The van der Waals surface area contributed by atoms with Crippen molar-refractivity contribution in [2.45, 2.75) is 32.0 Å². The van der Waals surface area contributed by atoms with Crippen LogP contribution in [0.3, 0.4) is 0 Å². The third-order valence-electron chi connectivity index (χ3n) is 2.58. The summed E-state index contributed by atoms with van der Waals surface area (Å²) in [6.45, 7) is 4.50. The van der Waals surface area contributed by atoms with Gasteiger partial charge in [-0.3, -0.25) is 4.79 Å². The van der Waals surface area contributed by atoms with Crippen LogP contribution in [0, 0.1) is 0 Å². The van der Waals surface area contributed by atoms with E-state index >= 15 is 0 Å². The number of amides is 1. The Bertz CT molecular complexity index is 200. The molecule has 0 bridgehead atoms. The zero-order chi connectivity index (χ0) is 10.1. The summed E-state index contributed by atoms with van der Waals surface area (Å²) >= 11 is 0. The van der Waals surface area contributed by atoms with Crippen molar-refractivity contribution >= 4 is 5.91 Å². The van der Waals surface area contributed by atoms with Crippen molar-refractivity contribution in [2.24, 2.45) is 0 Å².